The van der Waals surface area contributed by atoms with E-state index in [1.165, 1.54) is 64.2 Å². The van der Waals surface area contributed by atoms with Crippen LogP contribution in [0.5, 0.6) is 0 Å². The Kier molecular flexibility index (Phi) is 4.39. The van der Waals surface area contributed by atoms with Crippen LogP contribution in [0, 0.1) is 17.8 Å². The highest BCUT2D eigenvalue weighted by molar-refractivity contribution is 5.47. The first-order chi connectivity index (χ1) is 12.9. The Morgan fingerprint density at radius 2 is 1.62 bits per heavy atom. The second-order valence-electron chi connectivity index (χ2n) is 9.05. The van der Waals surface area contributed by atoms with E-state index in [1.54, 1.807) is 11.1 Å². The third kappa shape index (κ3) is 2.56. The van der Waals surface area contributed by atoms with E-state index in [9.17, 15) is 0 Å². The highest BCUT2D eigenvalue weighted by atomic mass is 14.5. The summed E-state index contributed by atoms with van der Waals surface area (Å²) in [5.41, 5.74) is 5.35. The van der Waals surface area contributed by atoms with E-state index < -0.39 is 0 Å². The SMILES string of the molecule is C1=CC2=CC=C3C(CCCC3(c3ccccc3)C3CCCCC3)C2CC1. The summed E-state index contributed by atoms with van der Waals surface area (Å²) in [4.78, 5) is 0. The summed E-state index contributed by atoms with van der Waals surface area (Å²) in [6.07, 6.45) is 23.9. The van der Waals surface area contributed by atoms with Gasteiger partial charge in [0.2, 0.25) is 0 Å². The first-order valence-corrected chi connectivity index (χ1v) is 11.0. The monoisotopic (exact) mass is 344 g/mol. The molecule has 136 valence electrons. The van der Waals surface area contributed by atoms with Crippen molar-refractivity contribution in [3.05, 3.63) is 71.3 Å². The van der Waals surface area contributed by atoms with Gasteiger partial charge in [-0.1, -0.05) is 85.9 Å². The summed E-state index contributed by atoms with van der Waals surface area (Å²) < 4.78 is 0. The standard InChI is InChI=1S/C26H32/c1-3-11-21(12-4-1)26(22-13-5-2-6-14-22)19-9-16-24-23-15-8-7-10-20(23)17-18-25(24)26/h1,3-4,7,10-12,17-18,22-24H,2,5-6,8-9,13-16,19H2. The number of benzene rings is 1. The summed E-state index contributed by atoms with van der Waals surface area (Å²) in [6.45, 7) is 0. The quantitative estimate of drug-likeness (QED) is 0.535. The summed E-state index contributed by atoms with van der Waals surface area (Å²) in [5.74, 6) is 2.42. The zero-order valence-electron chi connectivity index (χ0n) is 16.0. The van der Waals surface area contributed by atoms with Gasteiger partial charge < -0.3 is 0 Å². The van der Waals surface area contributed by atoms with Gasteiger partial charge in [0.15, 0.2) is 0 Å². The van der Waals surface area contributed by atoms with E-state index in [1.807, 2.05) is 5.57 Å². The lowest BCUT2D eigenvalue weighted by Crippen LogP contribution is -2.46. The topological polar surface area (TPSA) is 0 Å². The van der Waals surface area contributed by atoms with Gasteiger partial charge in [-0.25, -0.2) is 0 Å². The molecule has 0 spiro atoms. The highest BCUT2D eigenvalue weighted by Crippen LogP contribution is 2.58. The van der Waals surface area contributed by atoms with E-state index in [0.717, 1.165) is 17.8 Å². The first-order valence-electron chi connectivity index (χ1n) is 11.0. The Labute approximate surface area is 159 Å². The predicted octanol–water partition coefficient (Wildman–Crippen LogP) is 7.14. The van der Waals surface area contributed by atoms with E-state index in [4.69, 9.17) is 0 Å². The molecule has 0 radical (unpaired) electrons. The number of hydrogen-bond donors (Lipinski definition) is 0. The van der Waals surface area contributed by atoms with Gasteiger partial charge in [-0.2, -0.15) is 0 Å². The third-order valence-corrected chi connectivity index (χ3v) is 7.92. The van der Waals surface area contributed by atoms with Crippen LogP contribution in [0.1, 0.15) is 69.8 Å². The van der Waals surface area contributed by atoms with Gasteiger partial charge in [0.1, 0.15) is 0 Å². The summed E-state index contributed by atoms with van der Waals surface area (Å²) >= 11 is 0. The molecular weight excluding hydrogens is 312 g/mol. The Morgan fingerprint density at radius 1 is 0.769 bits per heavy atom. The van der Waals surface area contributed by atoms with Crippen LogP contribution in [0.15, 0.2) is 65.8 Å². The summed E-state index contributed by atoms with van der Waals surface area (Å²) in [7, 11) is 0. The lowest BCUT2D eigenvalue weighted by Gasteiger charge is -2.53. The zero-order chi connectivity index (χ0) is 17.4. The van der Waals surface area contributed by atoms with Crippen LogP contribution in [0.2, 0.25) is 0 Å². The molecule has 4 aliphatic rings. The van der Waals surface area contributed by atoms with Crippen LogP contribution in [-0.2, 0) is 5.41 Å². The maximum absolute atomic E-state index is 2.58. The molecule has 0 aromatic heterocycles. The Hall–Kier alpha value is -1.56. The molecule has 0 aliphatic heterocycles. The fourth-order valence-corrected chi connectivity index (χ4v) is 6.82. The normalized spacial score (nSPS) is 34.5. The van der Waals surface area contributed by atoms with E-state index in [2.05, 4.69) is 54.6 Å². The van der Waals surface area contributed by atoms with Crippen molar-refractivity contribution in [2.45, 2.75) is 69.6 Å². The van der Waals surface area contributed by atoms with Crippen molar-refractivity contribution in [2.75, 3.05) is 0 Å². The molecule has 0 amide bonds. The van der Waals surface area contributed by atoms with Crippen LogP contribution in [0.3, 0.4) is 0 Å². The number of allylic oxidation sites excluding steroid dienone is 6. The molecule has 2 fully saturated rings. The molecule has 0 nitrogen and oxygen atoms in total. The molecule has 1 aromatic rings. The Morgan fingerprint density at radius 3 is 2.46 bits per heavy atom. The first kappa shape index (κ1) is 16.6. The Balaban J connectivity index is 1.65. The van der Waals surface area contributed by atoms with Crippen LogP contribution in [0.25, 0.3) is 0 Å². The molecule has 3 unspecified atom stereocenters. The predicted molar refractivity (Wildman–Crippen MR) is 110 cm³/mol. The van der Waals surface area contributed by atoms with E-state index in [-0.39, 0.29) is 0 Å². The van der Waals surface area contributed by atoms with Crippen molar-refractivity contribution in [3.8, 4) is 0 Å². The summed E-state index contributed by atoms with van der Waals surface area (Å²) in [5, 5.41) is 0. The largest absolute Gasteiger partial charge is 0.0842 e. The average molecular weight is 345 g/mol. The van der Waals surface area contributed by atoms with Gasteiger partial charge in [0.05, 0.1) is 0 Å². The van der Waals surface area contributed by atoms with E-state index >= 15 is 0 Å². The number of hydrogen-bond acceptors (Lipinski definition) is 0. The molecule has 0 heterocycles. The smallest absolute Gasteiger partial charge is 0.0196 e. The molecule has 2 saturated carbocycles. The molecule has 0 heteroatoms. The van der Waals surface area contributed by atoms with Gasteiger partial charge in [-0.3, -0.25) is 0 Å². The summed E-state index contributed by atoms with van der Waals surface area (Å²) in [6, 6.07) is 11.6. The molecule has 3 atom stereocenters. The van der Waals surface area contributed by atoms with Crippen molar-refractivity contribution in [3.63, 3.8) is 0 Å². The van der Waals surface area contributed by atoms with Crippen molar-refractivity contribution in [2.24, 2.45) is 17.8 Å². The zero-order valence-corrected chi connectivity index (χ0v) is 16.0. The van der Waals surface area contributed by atoms with Gasteiger partial charge in [-0.05, 0) is 67.4 Å². The Bertz CT molecular complexity index is 729. The molecule has 26 heavy (non-hydrogen) atoms. The van der Waals surface area contributed by atoms with Gasteiger partial charge in [0, 0.05) is 5.41 Å². The minimum atomic E-state index is 0.313. The fourth-order valence-electron chi connectivity index (χ4n) is 6.82. The fraction of sp³-hybridized carbons (Fsp3) is 0.538. The second-order valence-corrected chi connectivity index (χ2v) is 9.05. The van der Waals surface area contributed by atoms with Crippen LogP contribution < -0.4 is 0 Å². The lowest BCUT2D eigenvalue weighted by molar-refractivity contribution is 0.160. The maximum atomic E-state index is 2.58. The molecular formula is C26H32. The lowest BCUT2D eigenvalue weighted by atomic mass is 9.51. The second kappa shape index (κ2) is 6.87. The average Bonchev–Trinajstić information content (AvgIpc) is 2.74. The van der Waals surface area contributed by atoms with Crippen LogP contribution in [-0.4, -0.2) is 0 Å². The minimum absolute atomic E-state index is 0.313. The molecule has 0 bridgehead atoms. The number of fused-ring (bicyclic) bond motifs is 3. The van der Waals surface area contributed by atoms with Crippen molar-refractivity contribution >= 4 is 0 Å². The van der Waals surface area contributed by atoms with E-state index in [0.29, 0.717) is 5.41 Å². The van der Waals surface area contributed by atoms with Crippen molar-refractivity contribution in [1.29, 1.82) is 0 Å². The van der Waals surface area contributed by atoms with Crippen LogP contribution >= 0.6 is 0 Å². The minimum Gasteiger partial charge on any atom is -0.0842 e. The van der Waals surface area contributed by atoms with Gasteiger partial charge >= 0.3 is 0 Å². The molecule has 1 aromatic carbocycles. The molecule has 0 saturated heterocycles. The molecule has 0 N–H and O–H groups in total. The van der Waals surface area contributed by atoms with Crippen molar-refractivity contribution < 1.29 is 0 Å². The maximum Gasteiger partial charge on any atom is 0.0196 e. The number of rotatable bonds is 2. The van der Waals surface area contributed by atoms with Crippen molar-refractivity contribution in [1.82, 2.24) is 0 Å². The van der Waals surface area contributed by atoms with Crippen LogP contribution in [0.4, 0.5) is 0 Å². The highest BCUT2D eigenvalue weighted by Gasteiger charge is 2.50. The third-order valence-electron chi connectivity index (χ3n) is 7.92. The van der Waals surface area contributed by atoms with Gasteiger partial charge in [-0.15, -0.1) is 0 Å². The molecule has 4 aliphatic carbocycles. The van der Waals surface area contributed by atoms with Gasteiger partial charge in [0.25, 0.3) is 0 Å². The molecule has 5 rings (SSSR count).